The Balaban J connectivity index is 1.83. The maximum atomic E-state index is 12.8. The molecule has 0 unspecified atom stereocenters. The number of amides is 1. The number of carbonyl (C=O) groups is 2. The lowest BCUT2D eigenvalue weighted by molar-refractivity contribution is -0.139. The minimum Gasteiger partial charge on any atom is -0.482 e. The summed E-state index contributed by atoms with van der Waals surface area (Å²) in [6, 6.07) is 6.95. The van der Waals surface area contributed by atoms with Gasteiger partial charge in [0.2, 0.25) is 0 Å². The second-order valence-electron chi connectivity index (χ2n) is 6.83. The number of aliphatic carboxylic acids is 1. The summed E-state index contributed by atoms with van der Waals surface area (Å²) in [6.45, 7) is 7.24. The lowest BCUT2D eigenvalue weighted by atomic mass is 10.1. The molecule has 2 aromatic heterocycles. The molecule has 0 aliphatic carbocycles. The number of carbonyl (C=O) groups excluding carboxylic acids is 1. The van der Waals surface area contributed by atoms with Crippen molar-refractivity contribution >= 4 is 28.6 Å². The third-order valence-corrected chi connectivity index (χ3v) is 4.30. The van der Waals surface area contributed by atoms with Gasteiger partial charge in [-0.15, -0.1) is 0 Å². The van der Waals surface area contributed by atoms with Crippen molar-refractivity contribution in [1.29, 1.82) is 0 Å². The van der Waals surface area contributed by atoms with Crippen LogP contribution in [0.25, 0.3) is 11.0 Å². The molecule has 0 aliphatic heterocycles. The van der Waals surface area contributed by atoms with Crippen molar-refractivity contribution in [3.05, 3.63) is 47.3 Å². The second-order valence-corrected chi connectivity index (χ2v) is 6.83. The van der Waals surface area contributed by atoms with Crippen molar-refractivity contribution < 1.29 is 19.4 Å². The molecule has 28 heavy (non-hydrogen) atoms. The Morgan fingerprint density at radius 1 is 1.25 bits per heavy atom. The number of carboxylic acids is 1. The maximum absolute atomic E-state index is 12.8. The summed E-state index contributed by atoms with van der Waals surface area (Å²) >= 11 is 0. The molecule has 8 heteroatoms. The lowest BCUT2D eigenvalue weighted by Crippen LogP contribution is -2.15. The van der Waals surface area contributed by atoms with Gasteiger partial charge in [-0.05, 0) is 57.5 Å². The molecule has 1 amide bonds. The van der Waals surface area contributed by atoms with E-state index < -0.39 is 12.6 Å². The van der Waals surface area contributed by atoms with Crippen LogP contribution in [-0.2, 0) is 4.79 Å². The first-order valence-electron chi connectivity index (χ1n) is 8.87. The number of pyridine rings is 1. The van der Waals surface area contributed by atoms with E-state index in [2.05, 4.69) is 15.4 Å². The Labute approximate surface area is 162 Å². The number of fused-ring (bicyclic) bond motifs is 1. The number of aryl methyl sites for hydroxylation is 2. The summed E-state index contributed by atoms with van der Waals surface area (Å²) in [5.41, 5.74) is 3.22. The van der Waals surface area contributed by atoms with Crippen molar-refractivity contribution in [2.45, 2.75) is 33.7 Å². The average Bonchev–Trinajstić information content (AvgIpc) is 3.04. The highest BCUT2D eigenvalue weighted by molar-refractivity contribution is 6.07. The summed E-state index contributed by atoms with van der Waals surface area (Å²) in [7, 11) is 0. The third-order valence-electron chi connectivity index (χ3n) is 4.30. The number of nitrogens with one attached hydrogen (secondary N) is 1. The van der Waals surface area contributed by atoms with E-state index >= 15 is 0 Å². The standard InChI is InChI=1S/C20H22N4O4/c1-11(2)24-19-14(9-21-24)8-16(13(4)22-19)20(27)23-17-6-5-15(7-12(17)3)28-10-18(25)26/h5-9,11H,10H2,1-4H3,(H,23,27)(H,25,26). The van der Waals surface area contributed by atoms with Crippen LogP contribution in [0.15, 0.2) is 30.5 Å². The molecule has 0 radical (unpaired) electrons. The predicted octanol–water partition coefficient (Wildman–Crippen LogP) is 3.34. The van der Waals surface area contributed by atoms with Crippen LogP contribution in [0.5, 0.6) is 5.75 Å². The van der Waals surface area contributed by atoms with Crippen LogP contribution in [-0.4, -0.2) is 38.4 Å². The predicted molar refractivity (Wildman–Crippen MR) is 105 cm³/mol. The van der Waals surface area contributed by atoms with Crippen LogP contribution in [0.2, 0.25) is 0 Å². The van der Waals surface area contributed by atoms with Crippen LogP contribution in [0.4, 0.5) is 5.69 Å². The van der Waals surface area contributed by atoms with E-state index in [0.717, 1.165) is 16.6 Å². The van der Waals surface area contributed by atoms with Crippen molar-refractivity contribution in [2.75, 3.05) is 11.9 Å². The Morgan fingerprint density at radius 2 is 2.00 bits per heavy atom. The van der Waals surface area contributed by atoms with Gasteiger partial charge in [-0.25, -0.2) is 14.5 Å². The minimum absolute atomic E-state index is 0.175. The quantitative estimate of drug-likeness (QED) is 0.677. The SMILES string of the molecule is Cc1cc(OCC(=O)O)ccc1NC(=O)c1cc2cnn(C(C)C)c2nc1C. The number of benzene rings is 1. The molecule has 3 aromatic rings. The Bertz CT molecular complexity index is 1060. The molecule has 0 saturated carbocycles. The third kappa shape index (κ3) is 3.95. The smallest absolute Gasteiger partial charge is 0.341 e. The van der Waals surface area contributed by atoms with E-state index in [0.29, 0.717) is 22.7 Å². The molecule has 0 saturated heterocycles. The lowest BCUT2D eigenvalue weighted by Gasteiger charge is -2.12. The molecule has 0 bridgehead atoms. The Hall–Kier alpha value is -3.42. The fraction of sp³-hybridized carbons (Fsp3) is 0.300. The van der Waals surface area contributed by atoms with Gasteiger partial charge in [-0.2, -0.15) is 5.10 Å². The molecule has 0 atom stereocenters. The first-order valence-corrected chi connectivity index (χ1v) is 8.87. The zero-order valence-electron chi connectivity index (χ0n) is 16.2. The van der Waals surface area contributed by atoms with Crippen LogP contribution < -0.4 is 10.1 Å². The molecule has 3 rings (SSSR count). The van der Waals surface area contributed by atoms with Gasteiger partial charge < -0.3 is 15.2 Å². The summed E-state index contributed by atoms with van der Waals surface area (Å²) in [6.07, 6.45) is 1.71. The van der Waals surface area contributed by atoms with E-state index in [-0.39, 0.29) is 11.9 Å². The van der Waals surface area contributed by atoms with E-state index in [4.69, 9.17) is 9.84 Å². The van der Waals surface area contributed by atoms with Gasteiger partial charge in [-0.1, -0.05) is 0 Å². The van der Waals surface area contributed by atoms with Crippen molar-refractivity contribution in [1.82, 2.24) is 14.8 Å². The van der Waals surface area contributed by atoms with E-state index in [1.807, 2.05) is 25.5 Å². The molecule has 2 N–H and O–H groups in total. The zero-order chi connectivity index (χ0) is 20.4. The number of rotatable bonds is 6. The maximum Gasteiger partial charge on any atom is 0.341 e. The van der Waals surface area contributed by atoms with Crippen LogP contribution >= 0.6 is 0 Å². The summed E-state index contributed by atoms with van der Waals surface area (Å²) in [4.78, 5) is 27.9. The van der Waals surface area contributed by atoms with Gasteiger partial charge in [-0.3, -0.25) is 4.79 Å². The highest BCUT2D eigenvalue weighted by atomic mass is 16.5. The highest BCUT2D eigenvalue weighted by Crippen LogP contribution is 2.24. The fourth-order valence-corrected chi connectivity index (χ4v) is 2.87. The molecule has 2 heterocycles. The molecule has 0 aliphatic rings. The minimum atomic E-state index is -1.05. The molecule has 0 fully saturated rings. The monoisotopic (exact) mass is 382 g/mol. The van der Waals surface area contributed by atoms with Crippen molar-refractivity contribution in [2.24, 2.45) is 0 Å². The van der Waals surface area contributed by atoms with E-state index in [1.165, 1.54) is 0 Å². The average molecular weight is 382 g/mol. The zero-order valence-corrected chi connectivity index (χ0v) is 16.2. The summed E-state index contributed by atoms with van der Waals surface area (Å²) in [5.74, 6) is -0.890. The topological polar surface area (TPSA) is 106 Å². The van der Waals surface area contributed by atoms with Crippen LogP contribution in [0, 0.1) is 13.8 Å². The molecular weight excluding hydrogens is 360 g/mol. The van der Waals surface area contributed by atoms with Gasteiger partial charge in [0.1, 0.15) is 5.75 Å². The Kier molecular flexibility index (Phi) is 5.30. The highest BCUT2D eigenvalue weighted by Gasteiger charge is 2.16. The number of carboxylic acid groups (broad SMARTS) is 1. The van der Waals surface area contributed by atoms with Gasteiger partial charge in [0.05, 0.1) is 17.5 Å². The normalized spacial score (nSPS) is 11.0. The largest absolute Gasteiger partial charge is 0.482 e. The number of hydrogen-bond donors (Lipinski definition) is 2. The molecule has 1 aromatic carbocycles. The fourth-order valence-electron chi connectivity index (χ4n) is 2.87. The molecule has 8 nitrogen and oxygen atoms in total. The summed E-state index contributed by atoms with van der Waals surface area (Å²) in [5, 5.41) is 16.7. The first-order chi connectivity index (χ1) is 13.3. The van der Waals surface area contributed by atoms with E-state index in [9.17, 15) is 9.59 Å². The number of anilines is 1. The van der Waals surface area contributed by atoms with Crippen LogP contribution in [0.1, 0.15) is 41.5 Å². The van der Waals surface area contributed by atoms with Gasteiger partial charge in [0.15, 0.2) is 12.3 Å². The molecule has 146 valence electrons. The number of ether oxygens (including phenoxy) is 1. The van der Waals surface area contributed by atoms with Crippen LogP contribution in [0.3, 0.4) is 0 Å². The second kappa shape index (κ2) is 7.67. The first kappa shape index (κ1) is 19.3. The summed E-state index contributed by atoms with van der Waals surface area (Å²) < 4.78 is 6.97. The van der Waals surface area contributed by atoms with Gasteiger partial charge in [0.25, 0.3) is 5.91 Å². The van der Waals surface area contributed by atoms with Gasteiger partial charge >= 0.3 is 5.97 Å². The molecule has 0 spiro atoms. The van der Waals surface area contributed by atoms with E-state index in [1.54, 1.807) is 37.4 Å². The van der Waals surface area contributed by atoms with Crippen molar-refractivity contribution in [3.8, 4) is 5.75 Å². The van der Waals surface area contributed by atoms with Crippen molar-refractivity contribution in [3.63, 3.8) is 0 Å². The Morgan fingerprint density at radius 3 is 2.64 bits per heavy atom. The number of nitrogens with zero attached hydrogens (tertiary/aromatic N) is 3. The number of aromatic nitrogens is 3. The van der Waals surface area contributed by atoms with Gasteiger partial charge in [0, 0.05) is 17.1 Å². The molecular formula is C20H22N4O4. The number of hydrogen-bond acceptors (Lipinski definition) is 5.